The van der Waals surface area contributed by atoms with Crippen molar-refractivity contribution in [1.82, 2.24) is 23.8 Å². The van der Waals surface area contributed by atoms with E-state index in [1.807, 2.05) is 37.1 Å². The van der Waals surface area contributed by atoms with Gasteiger partial charge in [0.2, 0.25) is 0 Å². The number of nitrogens with zero attached hydrogens (tertiary/aromatic N) is 5. The molecule has 6 nitrogen and oxygen atoms in total. The van der Waals surface area contributed by atoms with Crippen molar-refractivity contribution < 1.29 is 4.79 Å². The number of fused-ring (bicyclic) bond motifs is 1. The van der Waals surface area contributed by atoms with Crippen LogP contribution in [0.15, 0.2) is 79.5 Å². The van der Waals surface area contributed by atoms with E-state index in [0.29, 0.717) is 6.42 Å². The van der Waals surface area contributed by atoms with Gasteiger partial charge < -0.3 is 13.9 Å². The van der Waals surface area contributed by atoms with Crippen molar-refractivity contribution in [3.05, 3.63) is 119 Å². The van der Waals surface area contributed by atoms with Gasteiger partial charge in [0.15, 0.2) is 5.78 Å². The van der Waals surface area contributed by atoms with Gasteiger partial charge in [-0.25, -0.2) is 9.97 Å². The molecule has 0 unspecified atom stereocenters. The predicted octanol–water partition coefficient (Wildman–Crippen LogP) is 6.00. The molecule has 0 radical (unpaired) electrons. The number of carbonyl (C=O) groups is 1. The van der Waals surface area contributed by atoms with Gasteiger partial charge >= 0.3 is 0 Å². The number of aryl methyl sites for hydroxylation is 2. The van der Waals surface area contributed by atoms with Gasteiger partial charge in [-0.15, -0.1) is 0 Å². The highest BCUT2D eigenvalue weighted by atomic mass is 16.1. The molecule has 8 rings (SSSR count). The normalized spacial score (nSPS) is 21.4. The van der Waals surface area contributed by atoms with Crippen LogP contribution in [0.5, 0.6) is 0 Å². The van der Waals surface area contributed by atoms with Gasteiger partial charge in [0.25, 0.3) is 0 Å². The third kappa shape index (κ3) is 4.01. The average Bonchev–Trinajstić information content (AvgIpc) is 3.50. The highest BCUT2D eigenvalue weighted by Crippen LogP contribution is 2.74. The molecule has 5 aromatic rings. The standard InChI is InChI=1S/C34H35N5O/c1-23-11-25(13-28(12-23)38-18-27(36-22-38)17-37(3)4)14-30(40)26-9-8-24(2)29(15-26)33-19-34(20-33,21-33)31-16-35-32-7-5-6-10-39(31)32/h5-13,15-16,18,22H,14,17,19-21H2,1-4H3. The van der Waals surface area contributed by atoms with E-state index in [1.165, 1.54) is 16.8 Å². The summed E-state index contributed by atoms with van der Waals surface area (Å²) in [5.74, 6) is 0.167. The lowest BCUT2D eigenvalue weighted by molar-refractivity contribution is -0.0732. The molecule has 0 saturated heterocycles. The minimum Gasteiger partial charge on any atom is -0.306 e. The summed E-state index contributed by atoms with van der Waals surface area (Å²) in [6, 6.07) is 18.9. The van der Waals surface area contributed by atoms with Crippen LogP contribution in [-0.4, -0.2) is 43.7 Å². The highest BCUT2D eigenvalue weighted by Gasteiger charge is 2.70. The Hall–Kier alpha value is -4.03. The number of pyridine rings is 1. The second-order valence-electron chi connectivity index (χ2n) is 12.5. The molecule has 40 heavy (non-hydrogen) atoms. The van der Waals surface area contributed by atoms with Gasteiger partial charge in [-0.1, -0.05) is 24.3 Å². The SMILES string of the molecule is Cc1cc(CC(=O)c2ccc(C)c(C34CC(c5cnc6ccccn56)(C3)C4)c2)cc(-n2cnc(CN(C)C)c2)c1. The van der Waals surface area contributed by atoms with Crippen LogP contribution >= 0.6 is 0 Å². The minimum absolute atomic E-state index is 0.167. The van der Waals surface area contributed by atoms with Crippen molar-refractivity contribution in [2.24, 2.45) is 0 Å². The van der Waals surface area contributed by atoms with Crippen molar-refractivity contribution >= 4 is 11.4 Å². The summed E-state index contributed by atoms with van der Waals surface area (Å²) >= 11 is 0. The number of rotatable bonds is 8. The Morgan fingerprint density at radius 3 is 2.60 bits per heavy atom. The molecule has 3 heterocycles. The smallest absolute Gasteiger partial charge is 0.167 e. The molecule has 3 fully saturated rings. The monoisotopic (exact) mass is 529 g/mol. The summed E-state index contributed by atoms with van der Waals surface area (Å²) in [7, 11) is 4.08. The van der Waals surface area contributed by atoms with Crippen LogP contribution in [-0.2, 0) is 23.8 Å². The molecule has 6 heteroatoms. The second kappa shape index (κ2) is 9.00. The lowest BCUT2D eigenvalue weighted by Crippen LogP contribution is -2.67. The summed E-state index contributed by atoms with van der Waals surface area (Å²) in [6.07, 6.45) is 11.9. The van der Waals surface area contributed by atoms with E-state index in [9.17, 15) is 4.79 Å². The Balaban J connectivity index is 1.10. The molecule has 3 saturated carbocycles. The van der Waals surface area contributed by atoms with Crippen LogP contribution in [0.4, 0.5) is 0 Å². The van der Waals surface area contributed by atoms with Crippen LogP contribution in [0, 0.1) is 13.8 Å². The maximum atomic E-state index is 13.6. The number of ketones is 1. The van der Waals surface area contributed by atoms with Crippen molar-refractivity contribution in [2.75, 3.05) is 14.1 Å². The molecular formula is C34H35N5O. The van der Waals surface area contributed by atoms with Crippen molar-refractivity contribution in [3.8, 4) is 5.69 Å². The zero-order chi connectivity index (χ0) is 27.6. The van der Waals surface area contributed by atoms with Crippen LogP contribution in [0.25, 0.3) is 11.3 Å². The van der Waals surface area contributed by atoms with E-state index < -0.39 is 0 Å². The van der Waals surface area contributed by atoms with Crippen LogP contribution < -0.4 is 0 Å². The summed E-state index contributed by atoms with van der Waals surface area (Å²) in [5.41, 5.74) is 10.4. The molecular weight excluding hydrogens is 494 g/mol. The first-order valence-electron chi connectivity index (χ1n) is 14.1. The van der Waals surface area contributed by atoms with Crippen molar-refractivity contribution in [3.63, 3.8) is 0 Å². The Kier molecular flexibility index (Phi) is 5.62. The van der Waals surface area contributed by atoms with Crippen LogP contribution in [0.2, 0.25) is 0 Å². The van der Waals surface area contributed by atoms with Gasteiger partial charge in [0.05, 0.1) is 12.0 Å². The zero-order valence-electron chi connectivity index (χ0n) is 23.7. The van der Waals surface area contributed by atoms with Crippen molar-refractivity contribution in [1.29, 1.82) is 0 Å². The number of Topliss-reactive ketones (excluding diaryl/α,β-unsaturated/α-hetero) is 1. The first-order valence-corrected chi connectivity index (χ1v) is 14.1. The molecule has 202 valence electrons. The number of hydrogen-bond acceptors (Lipinski definition) is 4. The third-order valence-corrected chi connectivity index (χ3v) is 9.02. The average molecular weight is 530 g/mol. The van der Waals surface area contributed by atoms with E-state index in [0.717, 1.165) is 59.5 Å². The molecule has 0 aliphatic heterocycles. The Morgan fingerprint density at radius 2 is 1.80 bits per heavy atom. The molecule has 3 aliphatic carbocycles. The molecule has 3 aliphatic rings. The maximum absolute atomic E-state index is 13.6. The Bertz CT molecular complexity index is 1750. The number of benzene rings is 2. The summed E-state index contributed by atoms with van der Waals surface area (Å²) in [6.45, 7) is 5.07. The lowest BCUT2D eigenvalue weighted by atomic mass is 9.32. The molecule has 0 atom stereocenters. The largest absolute Gasteiger partial charge is 0.306 e. The first kappa shape index (κ1) is 25.0. The Labute approximate surface area is 235 Å². The fraction of sp³-hybridized carbons (Fsp3) is 0.324. The van der Waals surface area contributed by atoms with Gasteiger partial charge in [0.1, 0.15) is 5.65 Å². The molecule has 2 aromatic carbocycles. The van der Waals surface area contributed by atoms with Crippen LogP contribution in [0.1, 0.15) is 63.3 Å². The summed E-state index contributed by atoms with van der Waals surface area (Å²) in [5, 5.41) is 0. The minimum atomic E-state index is 0.167. The van der Waals surface area contributed by atoms with Crippen LogP contribution in [0.3, 0.4) is 0 Å². The number of aromatic nitrogens is 4. The molecule has 0 N–H and O–H groups in total. The third-order valence-electron chi connectivity index (χ3n) is 9.02. The van der Waals surface area contributed by atoms with E-state index in [4.69, 9.17) is 0 Å². The Morgan fingerprint density at radius 1 is 0.975 bits per heavy atom. The molecule has 0 amide bonds. The second-order valence-corrected chi connectivity index (χ2v) is 12.5. The number of carbonyl (C=O) groups excluding carboxylic acids is 1. The van der Waals surface area contributed by atoms with Crippen molar-refractivity contribution in [2.45, 2.75) is 56.9 Å². The predicted molar refractivity (Wildman–Crippen MR) is 157 cm³/mol. The van der Waals surface area contributed by atoms with E-state index in [2.05, 4.69) is 94.2 Å². The topological polar surface area (TPSA) is 55.4 Å². The summed E-state index contributed by atoms with van der Waals surface area (Å²) < 4.78 is 4.30. The quantitative estimate of drug-likeness (QED) is 0.232. The molecule has 2 bridgehead atoms. The molecule has 3 aromatic heterocycles. The van der Waals surface area contributed by atoms with Gasteiger partial charge in [-0.2, -0.15) is 0 Å². The van der Waals surface area contributed by atoms with Gasteiger partial charge in [-0.05, 0) is 105 Å². The highest BCUT2D eigenvalue weighted by molar-refractivity contribution is 5.98. The fourth-order valence-corrected chi connectivity index (χ4v) is 7.33. The van der Waals surface area contributed by atoms with E-state index in [-0.39, 0.29) is 16.6 Å². The fourth-order valence-electron chi connectivity index (χ4n) is 7.33. The summed E-state index contributed by atoms with van der Waals surface area (Å²) in [4.78, 5) is 24.9. The molecule has 0 spiro atoms. The van der Waals surface area contributed by atoms with E-state index in [1.54, 1.807) is 0 Å². The number of hydrogen-bond donors (Lipinski definition) is 0. The lowest BCUT2D eigenvalue weighted by Gasteiger charge is -2.71. The number of imidazole rings is 2. The van der Waals surface area contributed by atoms with Gasteiger partial charge in [0, 0.05) is 53.9 Å². The first-order chi connectivity index (χ1) is 19.2. The maximum Gasteiger partial charge on any atom is 0.167 e. The van der Waals surface area contributed by atoms with Gasteiger partial charge in [-0.3, -0.25) is 4.79 Å². The zero-order valence-corrected chi connectivity index (χ0v) is 23.7. The van der Waals surface area contributed by atoms with E-state index >= 15 is 0 Å².